The highest BCUT2D eigenvalue weighted by Gasteiger charge is 2.64. The molecule has 7 unspecified atom stereocenters. The molecule has 0 amide bonds. The number of carbonyl (C=O) groups excluding carboxylic acids is 1. The van der Waals surface area contributed by atoms with Crippen molar-refractivity contribution < 1.29 is 4.79 Å². The number of carbonyl (C=O) groups is 1. The Bertz CT molecular complexity index is 508. The predicted octanol–water partition coefficient (Wildman–Crippen LogP) is 5.79. The van der Waals surface area contributed by atoms with Crippen molar-refractivity contribution in [3.05, 3.63) is 12.7 Å². The van der Waals surface area contributed by atoms with Crippen molar-refractivity contribution in [1.82, 2.24) is 0 Å². The van der Waals surface area contributed by atoms with Gasteiger partial charge in [-0.25, -0.2) is 0 Å². The summed E-state index contributed by atoms with van der Waals surface area (Å²) in [6, 6.07) is 0. The second kappa shape index (κ2) is 5.46. The van der Waals surface area contributed by atoms with Crippen LogP contribution >= 0.6 is 0 Å². The second-order valence-electron chi connectivity index (χ2n) is 9.74. The topological polar surface area (TPSA) is 17.1 Å². The van der Waals surface area contributed by atoms with Crippen LogP contribution in [0.15, 0.2) is 12.7 Å². The number of ketones is 1. The summed E-state index contributed by atoms with van der Waals surface area (Å²) < 4.78 is 0. The van der Waals surface area contributed by atoms with E-state index in [2.05, 4.69) is 20.4 Å². The van der Waals surface area contributed by atoms with Crippen LogP contribution in [-0.4, -0.2) is 5.78 Å². The highest BCUT2D eigenvalue weighted by molar-refractivity contribution is 5.86. The molecule has 4 saturated carbocycles. The quantitative estimate of drug-likeness (QED) is 0.587. The molecule has 0 saturated heterocycles. The zero-order chi connectivity index (χ0) is 16.2. The van der Waals surface area contributed by atoms with E-state index in [0.717, 1.165) is 30.1 Å². The van der Waals surface area contributed by atoms with E-state index in [0.29, 0.717) is 17.6 Å². The molecule has 0 aromatic rings. The predicted molar refractivity (Wildman–Crippen MR) is 95.0 cm³/mol. The Labute approximate surface area is 142 Å². The van der Waals surface area contributed by atoms with Crippen LogP contribution in [0.1, 0.15) is 78.1 Å². The molecule has 4 fully saturated rings. The minimum absolute atomic E-state index is 0.268. The molecule has 0 radical (unpaired) electrons. The summed E-state index contributed by atoms with van der Waals surface area (Å²) in [4.78, 5) is 13.0. The summed E-state index contributed by atoms with van der Waals surface area (Å²) in [6.45, 7) is 8.55. The third-order valence-corrected chi connectivity index (χ3v) is 8.44. The fourth-order valence-electron chi connectivity index (χ4n) is 6.60. The lowest BCUT2D eigenvalue weighted by atomic mass is 9.59. The molecule has 0 aliphatic heterocycles. The van der Waals surface area contributed by atoms with Crippen LogP contribution in [-0.2, 0) is 4.79 Å². The average molecular weight is 315 g/mol. The number of hydrogen-bond acceptors (Lipinski definition) is 1. The molecular formula is C22H34O. The Kier molecular flexibility index (Phi) is 3.78. The Morgan fingerprint density at radius 3 is 2.78 bits per heavy atom. The minimum Gasteiger partial charge on any atom is -0.299 e. The molecule has 4 aliphatic carbocycles. The smallest absolute Gasteiger partial charge is 0.139 e. The minimum atomic E-state index is 0.268. The monoisotopic (exact) mass is 314 g/mol. The second-order valence-corrected chi connectivity index (χ2v) is 9.74. The van der Waals surface area contributed by atoms with Gasteiger partial charge in [-0.05, 0) is 73.5 Å². The summed E-state index contributed by atoms with van der Waals surface area (Å²) in [5.41, 5.74) is 1.00. The van der Waals surface area contributed by atoms with Crippen LogP contribution in [0.25, 0.3) is 0 Å². The van der Waals surface area contributed by atoms with Crippen molar-refractivity contribution in [2.24, 2.45) is 40.4 Å². The first-order valence-electron chi connectivity index (χ1n) is 10.1. The van der Waals surface area contributed by atoms with E-state index in [9.17, 15) is 4.79 Å². The van der Waals surface area contributed by atoms with Crippen molar-refractivity contribution >= 4 is 5.78 Å². The summed E-state index contributed by atoms with van der Waals surface area (Å²) in [7, 11) is 0. The van der Waals surface area contributed by atoms with Gasteiger partial charge in [0.05, 0.1) is 0 Å². The zero-order valence-corrected chi connectivity index (χ0v) is 15.2. The van der Waals surface area contributed by atoms with Crippen molar-refractivity contribution in [3.8, 4) is 0 Å². The largest absolute Gasteiger partial charge is 0.299 e. The number of rotatable bonds is 5. The van der Waals surface area contributed by atoms with Crippen molar-refractivity contribution in [2.45, 2.75) is 78.1 Å². The van der Waals surface area contributed by atoms with Crippen LogP contribution in [0.4, 0.5) is 0 Å². The molecule has 0 heterocycles. The summed E-state index contributed by atoms with van der Waals surface area (Å²) >= 11 is 0. The SMILES string of the molecule is C=CCC1CC1C(=O)C(C)C1(C)CC2CCCCCC23CC3C1. The molecule has 0 N–H and O–H groups in total. The molecule has 1 spiro atoms. The molecule has 128 valence electrons. The van der Waals surface area contributed by atoms with Gasteiger partial charge in [0, 0.05) is 11.8 Å². The first-order chi connectivity index (χ1) is 11.0. The van der Waals surface area contributed by atoms with E-state index in [1.807, 2.05) is 6.08 Å². The van der Waals surface area contributed by atoms with Crippen LogP contribution < -0.4 is 0 Å². The van der Waals surface area contributed by atoms with Gasteiger partial charge in [-0.2, -0.15) is 0 Å². The summed E-state index contributed by atoms with van der Waals surface area (Å²) in [5.74, 6) is 3.70. The van der Waals surface area contributed by atoms with Gasteiger partial charge in [-0.15, -0.1) is 6.58 Å². The maximum Gasteiger partial charge on any atom is 0.139 e. The van der Waals surface area contributed by atoms with Crippen LogP contribution in [0.3, 0.4) is 0 Å². The summed E-state index contributed by atoms with van der Waals surface area (Å²) in [5, 5.41) is 0. The van der Waals surface area contributed by atoms with Gasteiger partial charge in [0.15, 0.2) is 0 Å². The fourth-order valence-corrected chi connectivity index (χ4v) is 6.60. The lowest BCUT2D eigenvalue weighted by Crippen LogP contribution is -2.40. The number of Topliss-reactive ketones (excluding diaryl/α,β-unsaturated/α-hetero) is 1. The third-order valence-electron chi connectivity index (χ3n) is 8.44. The van der Waals surface area contributed by atoms with Gasteiger partial charge in [0.2, 0.25) is 0 Å². The Hall–Kier alpha value is -0.590. The van der Waals surface area contributed by atoms with Crippen LogP contribution in [0, 0.1) is 40.4 Å². The molecule has 4 rings (SSSR count). The van der Waals surface area contributed by atoms with Gasteiger partial charge in [0.1, 0.15) is 5.78 Å². The van der Waals surface area contributed by atoms with Crippen LogP contribution in [0.5, 0.6) is 0 Å². The molecule has 7 atom stereocenters. The van der Waals surface area contributed by atoms with Gasteiger partial charge < -0.3 is 0 Å². The molecule has 4 aliphatic rings. The lowest BCUT2D eigenvalue weighted by molar-refractivity contribution is -0.129. The van der Waals surface area contributed by atoms with Crippen molar-refractivity contribution in [1.29, 1.82) is 0 Å². The van der Waals surface area contributed by atoms with E-state index in [4.69, 9.17) is 0 Å². The Morgan fingerprint density at radius 2 is 2.00 bits per heavy atom. The van der Waals surface area contributed by atoms with Crippen LogP contribution in [0.2, 0.25) is 0 Å². The van der Waals surface area contributed by atoms with E-state index in [1.165, 1.54) is 51.4 Å². The highest BCUT2D eigenvalue weighted by atomic mass is 16.1. The van der Waals surface area contributed by atoms with Crippen molar-refractivity contribution in [3.63, 3.8) is 0 Å². The van der Waals surface area contributed by atoms with E-state index in [1.54, 1.807) is 0 Å². The standard InChI is InChI=1S/C22H34O/c1-4-8-16-11-19(16)20(23)15(2)21(3)12-17-9-6-5-7-10-22(17)14-18(22)13-21/h4,15-19H,1,5-14H2,2-3H3. The fraction of sp³-hybridized carbons (Fsp3) is 0.864. The highest BCUT2D eigenvalue weighted by Crippen LogP contribution is 2.72. The van der Waals surface area contributed by atoms with Gasteiger partial charge in [-0.1, -0.05) is 39.2 Å². The molecule has 0 aromatic heterocycles. The van der Waals surface area contributed by atoms with E-state index in [-0.39, 0.29) is 11.3 Å². The molecular weight excluding hydrogens is 280 g/mol. The maximum atomic E-state index is 13.0. The van der Waals surface area contributed by atoms with Gasteiger partial charge in [-0.3, -0.25) is 4.79 Å². The Morgan fingerprint density at radius 1 is 1.22 bits per heavy atom. The normalized spacial score (nSPS) is 49.3. The number of allylic oxidation sites excluding steroid dienone is 1. The third kappa shape index (κ3) is 2.53. The first-order valence-corrected chi connectivity index (χ1v) is 10.1. The molecule has 23 heavy (non-hydrogen) atoms. The Balaban J connectivity index is 1.46. The molecule has 0 aromatic carbocycles. The average Bonchev–Trinajstić information content (AvgIpc) is 3.40. The summed E-state index contributed by atoms with van der Waals surface area (Å²) in [6.07, 6.45) is 15.6. The molecule has 1 nitrogen and oxygen atoms in total. The first kappa shape index (κ1) is 15.9. The molecule has 0 bridgehead atoms. The van der Waals surface area contributed by atoms with E-state index >= 15 is 0 Å². The van der Waals surface area contributed by atoms with Gasteiger partial charge in [0.25, 0.3) is 0 Å². The maximum absolute atomic E-state index is 13.0. The lowest BCUT2D eigenvalue weighted by Gasteiger charge is -2.45. The molecule has 1 heteroatoms. The zero-order valence-electron chi connectivity index (χ0n) is 15.2. The van der Waals surface area contributed by atoms with Crippen molar-refractivity contribution in [2.75, 3.05) is 0 Å². The number of hydrogen-bond donors (Lipinski definition) is 0. The van der Waals surface area contributed by atoms with Gasteiger partial charge >= 0.3 is 0 Å². The van der Waals surface area contributed by atoms with E-state index < -0.39 is 0 Å².